The number of nitrogens with one attached hydrogen (secondary N) is 3. The fourth-order valence-corrected chi connectivity index (χ4v) is 3.82. The van der Waals surface area contributed by atoms with Gasteiger partial charge in [-0.25, -0.2) is 13.1 Å². The van der Waals surface area contributed by atoms with E-state index in [1.54, 1.807) is 5.38 Å². The predicted octanol–water partition coefficient (Wildman–Crippen LogP) is 0.388. The van der Waals surface area contributed by atoms with E-state index in [1.165, 1.54) is 12.8 Å². The monoisotopic (exact) mass is 305 g/mol. The van der Waals surface area contributed by atoms with Gasteiger partial charge in [0, 0.05) is 17.1 Å². The Morgan fingerprint density at radius 3 is 2.89 bits per heavy atom. The molecule has 6 nitrogen and oxygen atoms in total. The Hall–Kier alpha value is -0.700. The molecule has 0 bridgehead atoms. The van der Waals surface area contributed by atoms with Crippen LogP contribution in [0.1, 0.15) is 31.4 Å². The van der Waals surface area contributed by atoms with Crippen LogP contribution in [0.25, 0.3) is 0 Å². The molecule has 1 aromatic heterocycles. The summed E-state index contributed by atoms with van der Waals surface area (Å²) in [4.78, 5) is 13.3. The third kappa shape index (κ3) is 5.06. The van der Waals surface area contributed by atoms with Gasteiger partial charge in [0.15, 0.2) is 0 Å². The van der Waals surface area contributed by atoms with Crippen molar-refractivity contribution in [3.63, 3.8) is 0 Å². The van der Waals surface area contributed by atoms with Crippen molar-refractivity contribution in [2.75, 3.05) is 12.3 Å². The molecular weight excluding hydrogens is 286 g/mol. The summed E-state index contributed by atoms with van der Waals surface area (Å²) in [5.41, 5.74) is 0.606. The summed E-state index contributed by atoms with van der Waals surface area (Å²) in [7, 11) is -3.28. The molecule has 3 N–H and O–H groups in total. The van der Waals surface area contributed by atoms with E-state index >= 15 is 0 Å². The number of aromatic nitrogens is 1. The van der Waals surface area contributed by atoms with E-state index in [4.69, 9.17) is 0 Å². The first-order valence-corrected chi connectivity index (χ1v) is 8.96. The second-order valence-electron chi connectivity index (χ2n) is 4.75. The molecule has 19 heavy (non-hydrogen) atoms. The average molecular weight is 305 g/mol. The molecule has 2 rings (SSSR count). The van der Waals surface area contributed by atoms with Crippen LogP contribution in [-0.2, 0) is 16.6 Å². The molecule has 1 aliphatic rings. The van der Waals surface area contributed by atoms with Crippen LogP contribution >= 0.6 is 11.3 Å². The van der Waals surface area contributed by atoms with Gasteiger partial charge >= 0.3 is 4.87 Å². The Morgan fingerprint density at radius 1 is 1.42 bits per heavy atom. The van der Waals surface area contributed by atoms with Crippen molar-refractivity contribution in [3.05, 3.63) is 20.7 Å². The molecule has 0 aliphatic carbocycles. The molecule has 1 fully saturated rings. The van der Waals surface area contributed by atoms with Gasteiger partial charge in [-0.3, -0.25) is 4.79 Å². The Labute approximate surface area is 116 Å². The summed E-state index contributed by atoms with van der Waals surface area (Å²) < 4.78 is 26.2. The van der Waals surface area contributed by atoms with Crippen molar-refractivity contribution in [3.8, 4) is 0 Å². The van der Waals surface area contributed by atoms with Gasteiger partial charge in [-0.05, 0) is 25.8 Å². The Morgan fingerprint density at radius 2 is 2.26 bits per heavy atom. The lowest BCUT2D eigenvalue weighted by Gasteiger charge is -2.23. The zero-order valence-electron chi connectivity index (χ0n) is 10.6. The molecule has 0 amide bonds. The molecule has 1 aromatic rings. The fourth-order valence-electron chi connectivity index (χ4n) is 2.13. The van der Waals surface area contributed by atoms with Crippen molar-refractivity contribution < 1.29 is 8.42 Å². The SMILES string of the molecule is O=c1[nH]c(CNS(=O)(=O)CCC2CCCCN2)cs1. The number of hydrogen-bond donors (Lipinski definition) is 3. The van der Waals surface area contributed by atoms with Crippen LogP contribution in [0.3, 0.4) is 0 Å². The van der Waals surface area contributed by atoms with Crippen molar-refractivity contribution in [1.29, 1.82) is 0 Å². The number of H-pyrrole nitrogens is 1. The second-order valence-corrected chi connectivity index (χ2v) is 7.52. The van der Waals surface area contributed by atoms with Gasteiger partial charge in [-0.15, -0.1) is 0 Å². The van der Waals surface area contributed by atoms with Crippen LogP contribution in [0.4, 0.5) is 0 Å². The molecule has 0 spiro atoms. The van der Waals surface area contributed by atoms with Crippen molar-refractivity contribution in [1.82, 2.24) is 15.0 Å². The van der Waals surface area contributed by atoms with Crippen molar-refractivity contribution >= 4 is 21.4 Å². The van der Waals surface area contributed by atoms with Gasteiger partial charge in [-0.1, -0.05) is 17.8 Å². The van der Waals surface area contributed by atoms with Gasteiger partial charge in [0.25, 0.3) is 0 Å². The smallest absolute Gasteiger partial charge is 0.304 e. The first-order chi connectivity index (χ1) is 9.05. The average Bonchev–Trinajstić information content (AvgIpc) is 2.82. The highest BCUT2D eigenvalue weighted by Gasteiger charge is 2.17. The summed E-state index contributed by atoms with van der Waals surface area (Å²) >= 11 is 1.04. The van der Waals surface area contributed by atoms with Crippen LogP contribution in [0, 0.1) is 0 Å². The molecular formula is C11H19N3O3S2. The highest BCUT2D eigenvalue weighted by atomic mass is 32.2. The zero-order chi connectivity index (χ0) is 13.7. The lowest BCUT2D eigenvalue weighted by Crippen LogP contribution is -2.37. The van der Waals surface area contributed by atoms with Crippen LogP contribution in [0.2, 0.25) is 0 Å². The number of piperidine rings is 1. The molecule has 1 saturated heterocycles. The maximum atomic E-state index is 11.8. The minimum atomic E-state index is -3.28. The fraction of sp³-hybridized carbons (Fsp3) is 0.727. The Balaban J connectivity index is 1.76. The maximum absolute atomic E-state index is 11.8. The summed E-state index contributed by atoms with van der Waals surface area (Å²) in [5.74, 6) is 0.124. The van der Waals surface area contributed by atoms with E-state index in [9.17, 15) is 13.2 Å². The number of hydrogen-bond acceptors (Lipinski definition) is 5. The molecule has 1 aliphatic heterocycles. The molecule has 0 saturated carbocycles. The minimum Gasteiger partial charge on any atom is -0.315 e. The van der Waals surface area contributed by atoms with Crippen molar-refractivity contribution in [2.24, 2.45) is 0 Å². The van der Waals surface area contributed by atoms with E-state index < -0.39 is 10.0 Å². The van der Waals surface area contributed by atoms with E-state index in [1.807, 2.05) is 0 Å². The van der Waals surface area contributed by atoms with Gasteiger partial charge < -0.3 is 10.3 Å². The van der Waals surface area contributed by atoms with Gasteiger partial charge in [-0.2, -0.15) is 0 Å². The minimum absolute atomic E-state index is 0.124. The predicted molar refractivity (Wildman–Crippen MR) is 75.8 cm³/mol. The number of aromatic amines is 1. The van der Waals surface area contributed by atoms with Crippen LogP contribution in [0.15, 0.2) is 10.2 Å². The van der Waals surface area contributed by atoms with Gasteiger partial charge in [0.1, 0.15) is 0 Å². The summed E-state index contributed by atoms with van der Waals surface area (Å²) in [6.07, 6.45) is 4.02. The maximum Gasteiger partial charge on any atom is 0.304 e. The highest BCUT2D eigenvalue weighted by molar-refractivity contribution is 7.89. The Kier molecular flexibility index (Phi) is 5.14. The molecule has 108 valence electrons. The summed E-state index contributed by atoms with van der Waals surface area (Å²) in [5, 5.41) is 4.96. The highest BCUT2D eigenvalue weighted by Crippen LogP contribution is 2.10. The van der Waals surface area contributed by atoms with Gasteiger partial charge in [0.2, 0.25) is 10.0 Å². The molecule has 8 heteroatoms. The molecule has 1 unspecified atom stereocenters. The quantitative estimate of drug-likeness (QED) is 0.709. The van der Waals surface area contributed by atoms with Crippen LogP contribution in [-0.4, -0.2) is 31.7 Å². The first-order valence-electron chi connectivity index (χ1n) is 6.42. The van der Waals surface area contributed by atoms with E-state index in [-0.39, 0.29) is 17.2 Å². The summed E-state index contributed by atoms with van der Waals surface area (Å²) in [6.45, 7) is 1.13. The summed E-state index contributed by atoms with van der Waals surface area (Å²) in [6, 6.07) is 0.311. The standard InChI is InChI=1S/C11H19N3O3S2/c15-11-14-10(8-18-11)7-13-19(16,17)6-4-9-3-1-2-5-12-9/h8-9,12-13H,1-7H2,(H,14,15). The Bertz CT molecular complexity index is 544. The van der Waals surface area contributed by atoms with E-state index in [0.29, 0.717) is 18.2 Å². The number of sulfonamides is 1. The molecule has 0 radical (unpaired) electrons. The third-order valence-corrected chi connectivity index (χ3v) is 5.28. The third-order valence-electron chi connectivity index (χ3n) is 3.20. The first kappa shape index (κ1) is 14.7. The normalized spacial score (nSPS) is 20.5. The van der Waals surface area contributed by atoms with Crippen LogP contribution < -0.4 is 14.9 Å². The topological polar surface area (TPSA) is 91.1 Å². The lowest BCUT2D eigenvalue weighted by molar-refractivity contribution is 0.392. The largest absolute Gasteiger partial charge is 0.315 e. The molecule has 0 aromatic carbocycles. The van der Waals surface area contributed by atoms with Gasteiger partial charge in [0.05, 0.1) is 12.3 Å². The lowest BCUT2D eigenvalue weighted by atomic mass is 10.0. The molecule has 2 heterocycles. The van der Waals surface area contributed by atoms with Crippen molar-refractivity contribution in [2.45, 2.75) is 38.3 Å². The molecule has 1 atom stereocenters. The van der Waals surface area contributed by atoms with Crippen LogP contribution in [0.5, 0.6) is 0 Å². The van der Waals surface area contributed by atoms with E-state index in [2.05, 4.69) is 15.0 Å². The zero-order valence-corrected chi connectivity index (χ0v) is 12.3. The van der Waals surface area contributed by atoms with E-state index in [0.717, 1.165) is 24.3 Å². The second kappa shape index (κ2) is 6.65. The number of rotatable bonds is 6. The number of thiazole rings is 1.